The zero-order valence-electron chi connectivity index (χ0n) is 7.43. The molecule has 0 atom stereocenters. The number of aryl methyl sites for hydroxylation is 1. The van der Waals surface area contributed by atoms with Gasteiger partial charge in [-0.3, -0.25) is 0 Å². The van der Waals surface area contributed by atoms with Gasteiger partial charge in [0.15, 0.2) is 0 Å². The highest BCUT2D eigenvalue weighted by molar-refractivity contribution is 9.10. The highest BCUT2D eigenvalue weighted by atomic mass is 79.9. The molecule has 0 saturated heterocycles. The summed E-state index contributed by atoms with van der Waals surface area (Å²) in [6.07, 6.45) is 2.12. The van der Waals surface area contributed by atoms with E-state index in [0.29, 0.717) is 0 Å². The lowest BCUT2D eigenvalue weighted by Crippen LogP contribution is -1.73. The SMILES string of the molecule is CSc1csc2c(Br)cc(C)cc12. The van der Waals surface area contributed by atoms with Crippen LogP contribution in [0.4, 0.5) is 0 Å². The van der Waals surface area contributed by atoms with Crippen LogP contribution >= 0.6 is 39.0 Å². The summed E-state index contributed by atoms with van der Waals surface area (Å²) in [6.45, 7) is 2.13. The molecule has 68 valence electrons. The van der Waals surface area contributed by atoms with Crippen molar-refractivity contribution in [1.29, 1.82) is 0 Å². The number of fused-ring (bicyclic) bond motifs is 1. The molecule has 0 spiro atoms. The Bertz CT molecular complexity index is 445. The number of rotatable bonds is 1. The quantitative estimate of drug-likeness (QED) is 0.679. The zero-order valence-corrected chi connectivity index (χ0v) is 10.6. The molecule has 0 amide bonds. The molecular weight excluding hydrogens is 264 g/mol. The lowest BCUT2D eigenvalue weighted by atomic mass is 10.2. The molecule has 2 aromatic rings. The zero-order chi connectivity index (χ0) is 9.42. The van der Waals surface area contributed by atoms with Gasteiger partial charge in [-0.25, -0.2) is 0 Å². The van der Waals surface area contributed by atoms with E-state index < -0.39 is 0 Å². The Kier molecular flexibility index (Phi) is 2.67. The van der Waals surface area contributed by atoms with Crippen LogP contribution in [0.2, 0.25) is 0 Å². The van der Waals surface area contributed by atoms with Gasteiger partial charge in [-0.05, 0) is 46.8 Å². The molecule has 2 rings (SSSR count). The summed E-state index contributed by atoms with van der Waals surface area (Å²) in [5.41, 5.74) is 1.31. The predicted molar refractivity (Wildman–Crippen MR) is 66.0 cm³/mol. The van der Waals surface area contributed by atoms with Crippen LogP contribution in [0.1, 0.15) is 5.56 Å². The molecule has 0 bridgehead atoms. The molecule has 0 aliphatic carbocycles. The Labute approximate surface area is 94.5 Å². The minimum absolute atomic E-state index is 1.22. The summed E-state index contributed by atoms with van der Waals surface area (Å²) in [4.78, 5) is 1.38. The minimum atomic E-state index is 1.22. The molecular formula is C10H9BrS2. The fourth-order valence-electron chi connectivity index (χ4n) is 1.37. The minimum Gasteiger partial charge on any atom is -0.141 e. The van der Waals surface area contributed by atoms with E-state index in [1.807, 2.05) is 11.8 Å². The second kappa shape index (κ2) is 3.64. The van der Waals surface area contributed by atoms with Crippen LogP contribution in [-0.2, 0) is 0 Å². The second-order valence-electron chi connectivity index (χ2n) is 2.93. The molecule has 1 aromatic carbocycles. The van der Waals surface area contributed by atoms with Gasteiger partial charge in [0.05, 0.1) is 0 Å². The van der Waals surface area contributed by atoms with E-state index in [2.05, 4.69) is 46.6 Å². The van der Waals surface area contributed by atoms with Gasteiger partial charge >= 0.3 is 0 Å². The summed E-state index contributed by atoms with van der Waals surface area (Å²) < 4.78 is 2.57. The van der Waals surface area contributed by atoms with Crippen molar-refractivity contribution in [1.82, 2.24) is 0 Å². The van der Waals surface area contributed by atoms with Gasteiger partial charge in [0.1, 0.15) is 0 Å². The molecule has 1 heterocycles. The van der Waals surface area contributed by atoms with Gasteiger partial charge < -0.3 is 0 Å². The topological polar surface area (TPSA) is 0 Å². The normalized spacial score (nSPS) is 11.0. The standard InChI is InChI=1S/C10H9BrS2/c1-6-3-7-9(12-2)5-13-10(7)8(11)4-6/h3-5H,1-2H3. The van der Waals surface area contributed by atoms with Crippen molar-refractivity contribution >= 4 is 49.1 Å². The largest absolute Gasteiger partial charge is 0.141 e. The maximum atomic E-state index is 3.59. The maximum Gasteiger partial charge on any atom is 0.0496 e. The van der Waals surface area contributed by atoms with Gasteiger partial charge in [0, 0.05) is 24.8 Å². The van der Waals surface area contributed by atoms with E-state index in [-0.39, 0.29) is 0 Å². The Morgan fingerprint density at radius 3 is 2.85 bits per heavy atom. The molecule has 0 aliphatic rings. The van der Waals surface area contributed by atoms with Gasteiger partial charge in [0.25, 0.3) is 0 Å². The Balaban J connectivity index is 2.82. The van der Waals surface area contributed by atoms with E-state index in [0.717, 1.165) is 0 Å². The third-order valence-electron chi connectivity index (χ3n) is 1.96. The van der Waals surface area contributed by atoms with Crippen LogP contribution in [-0.4, -0.2) is 6.26 Å². The number of benzene rings is 1. The predicted octanol–water partition coefficient (Wildman–Crippen LogP) is 4.69. The summed E-state index contributed by atoms with van der Waals surface area (Å²) in [5, 5.41) is 3.60. The van der Waals surface area contributed by atoms with Crippen molar-refractivity contribution in [3.63, 3.8) is 0 Å². The van der Waals surface area contributed by atoms with Crippen LogP contribution < -0.4 is 0 Å². The van der Waals surface area contributed by atoms with E-state index in [1.165, 1.54) is 25.0 Å². The van der Waals surface area contributed by atoms with Gasteiger partial charge in [0.2, 0.25) is 0 Å². The fourth-order valence-corrected chi connectivity index (χ4v) is 4.01. The molecule has 1 aromatic heterocycles. The monoisotopic (exact) mass is 272 g/mol. The third-order valence-corrected chi connectivity index (χ3v) is 4.80. The van der Waals surface area contributed by atoms with Crippen LogP contribution in [0.5, 0.6) is 0 Å². The molecule has 13 heavy (non-hydrogen) atoms. The van der Waals surface area contributed by atoms with Crippen molar-refractivity contribution in [2.75, 3.05) is 6.26 Å². The second-order valence-corrected chi connectivity index (χ2v) is 5.51. The van der Waals surface area contributed by atoms with Crippen LogP contribution in [0, 0.1) is 6.92 Å². The van der Waals surface area contributed by atoms with Crippen LogP contribution in [0.3, 0.4) is 0 Å². The average molecular weight is 273 g/mol. The van der Waals surface area contributed by atoms with Crippen molar-refractivity contribution in [3.8, 4) is 0 Å². The summed E-state index contributed by atoms with van der Waals surface area (Å²) in [6, 6.07) is 4.42. The first-order valence-electron chi connectivity index (χ1n) is 3.93. The number of halogens is 1. The first-order valence-corrected chi connectivity index (χ1v) is 6.83. The molecule has 0 nitrogen and oxygen atoms in total. The van der Waals surface area contributed by atoms with E-state index in [9.17, 15) is 0 Å². The number of thiophene rings is 1. The van der Waals surface area contributed by atoms with E-state index >= 15 is 0 Å². The molecule has 0 aliphatic heterocycles. The van der Waals surface area contributed by atoms with E-state index in [1.54, 1.807) is 11.3 Å². The van der Waals surface area contributed by atoms with Crippen LogP contribution in [0.15, 0.2) is 26.9 Å². The van der Waals surface area contributed by atoms with Crippen molar-refractivity contribution < 1.29 is 0 Å². The van der Waals surface area contributed by atoms with Crippen LogP contribution in [0.25, 0.3) is 10.1 Å². The fraction of sp³-hybridized carbons (Fsp3) is 0.200. The molecule has 0 saturated carbocycles. The first-order chi connectivity index (χ1) is 6.22. The third kappa shape index (κ3) is 1.65. The number of thioether (sulfide) groups is 1. The molecule has 0 unspecified atom stereocenters. The van der Waals surface area contributed by atoms with Gasteiger partial charge in [-0.1, -0.05) is 0 Å². The Hall–Kier alpha value is 0.01000. The van der Waals surface area contributed by atoms with Crippen molar-refractivity contribution in [2.45, 2.75) is 11.8 Å². The summed E-state index contributed by atoms with van der Waals surface area (Å²) >= 11 is 7.21. The summed E-state index contributed by atoms with van der Waals surface area (Å²) in [5.74, 6) is 0. The average Bonchev–Trinajstić information content (AvgIpc) is 2.47. The van der Waals surface area contributed by atoms with Gasteiger partial charge in [-0.15, -0.1) is 23.1 Å². The lowest BCUT2D eigenvalue weighted by molar-refractivity contribution is 1.48. The number of hydrogen-bond donors (Lipinski definition) is 0. The maximum absolute atomic E-state index is 3.59. The van der Waals surface area contributed by atoms with Crippen molar-refractivity contribution in [2.24, 2.45) is 0 Å². The van der Waals surface area contributed by atoms with Gasteiger partial charge in [-0.2, -0.15) is 0 Å². The first kappa shape index (κ1) is 9.56. The molecule has 3 heteroatoms. The van der Waals surface area contributed by atoms with E-state index in [4.69, 9.17) is 0 Å². The molecule has 0 radical (unpaired) electrons. The molecule has 0 N–H and O–H groups in total. The highest BCUT2D eigenvalue weighted by Crippen LogP contribution is 2.37. The molecule has 0 fully saturated rings. The van der Waals surface area contributed by atoms with Crippen molar-refractivity contribution in [3.05, 3.63) is 27.5 Å². The highest BCUT2D eigenvalue weighted by Gasteiger charge is 2.06. The lowest BCUT2D eigenvalue weighted by Gasteiger charge is -1.98. The Morgan fingerprint density at radius 1 is 1.38 bits per heavy atom. The smallest absolute Gasteiger partial charge is 0.0496 e. The summed E-state index contributed by atoms with van der Waals surface area (Å²) in [7, 11) is 0. The number of hydrogen-bond acceptors (Lipinski definition) is 2. The Morgan fingerprint density at radius 2 is 2.15 bits per heavy atom.